The average molecular weight is 363 g/mol. The minimum atomic E-state index is -3.74. The third-order valence-corrected chi connectivity index (χ3v) is 5.93. The molecule has 2 N–H and O–H groups in total. The maximum Gasteiger partial charge on any atom is 0.271 e. The Balaban J connectivity index is 1.83. The molecule has 0 radical (unpaired) electrons. The number of benzene rings is 1. The van der Waals surface area contributed by atoms with E-state index in [1.54, 1.807) is 36.4 Å². The maximum atomic E-state index is 12.5. The van der Waals surface area contributed by atoms with Crippen molar-refractivity contribution in [1.82, 2.24) is 5.16 Å². The molecule has 24 heavy (non-hydrogen) atoms. The fraction of sp³-hybridized carbons (Fsp3) is 0.0667. The van der Waals surface area contributed by atoms with Crippen LogP contribution in [-0.2, 0) is 14.8 Å². The van der Waals surface area contributed by atoms with Crippen LogP contribution in [0, 0.1) is 0 Å². The lowest BCUT2D eigenvalue weighted by Gasteiger charge is -2.08. The number of hydrogen-bond acceptors (Lipinski definition) is 6. The number of nitrogens with one attached hydrogen (secondary N) is 2. The molecule has 2 heterocycles. The number of rotatable bonds is 5. The van der Waals surface area contributed by atoms with Crippen LogP contribution in [0.5, 0.6) is 0 Å². The minimum Gasteiger partial charge on any atom is -0.355 e. The minimum absolute atomic E-state index is 0.152. The lowest BCUT2D eigenvalue weighted by atomic mass is 10.3. The van der Waals surface area contributed by atoms with Gasteiger partial charge in [0, 0.05) is 18.7 Å². The molecule has 9 heteroatoms. The molecule has 1 aromatic carbocycles. The Labute approximate surface area is 142 Å². The Hall–Kier alpha value is -2.65. The molecule has 0 fully saturated rings. The van der Waals surface area contributed by atoms with E-state index in [4.69, 9.17) is 4.52 Å². The molecule has 0 saturated heterocycles. The molecule has 124 valence electrons. The highest BCUT2D eigenvalue weighted by atomic mass is 32.2. The predicted molar refractivity (Wildman–Crippen MR) is 91.4 cm³/mol. The highest BCUT2D eigenvalue weighted by Crippen LogP contribution is 2.31. The summed E-state index contributed by atoms with van der Waals surface area (Å²) in [5.74, 6) is 0.277. The molecule has 0 aliphatic heterocycles. The van der Waals surface area contributed by atoms with Gasteiger partial charge in [0.15, 0.2) is 5.76 Å². The zero-order chi connectivity index (χ0) is 17.2. The Morgan fingerprint density at radius 2 is 1.96 bits per heavy atom. The van der Waals surface area contributed by atoms with E-state index < -0.39 is 10.0 Å². The fourth-order valence-electron chi connectivity index (χ4n) is 2.01. The van der Waals surface area contributed by atoms with E-state index in [9.17, 15) is 13.2 Å². The molecular formula is C15H13N3O4S2. The number of hydrogen-bond donors (Lipinski definition) is 2. The van der Waals surface area contributed by atoms with Crippen LogP contribution in [-0.4, -0.2) is 19.5 Å². The standard InChI is InChI=1S/C15H13N3O4S2/c1-10(19)17-11-3-2-4-12(9-11)18-24(20,21)15-6-5-14(23-15)13-7-8-16-22-13/h2-9,18H,1H3,(H,17,19). The van der Waals surface area contributed by atoms with Gasteiger partial charge < -0.3 is 9.84 Å². The van der Waals surface area contributed by atoms with Gasteiger partial charge in [-0.15, -0.1) is 11.3 Å². The van der Waals surface area contributed by atoms with Crippen LogP contribution in [0.25, 0.3) is 10.6 Å². The van der Waals surface area contributed by atoms with Gasteiger partial charge in [0.25, 0.3) is 10.0 Å². The number of nitrogens with zero attached hydrogens (tertiary/aromatic N) is 1. The number of thiophene rings is 1. The largest absolute Gasteiger partial charge is 0.355 e. The molecule has 0 aliphatic carbocycles. The smallest absolute Gasteiger partial charge is 0.271 e. The SMILES string of the molecule is CC(=O)Nc1cccc(NS(=O)(=O)c2ccc(-c3ccno3)s2)c1. The summed E-state index contributed by atoms with van der Waals surface area (Å²) < 4.78 is 32.6. The summed E-state index contributed by atoms with van der Waals surface area (Å²) in [6, 6.07) is 11.3. The number of aromatic nitrogens is 1. The molecule has 0 saturated carbocycles. The zero-order valence-electron chi connectivity index (χ0n) is 12.5. The van der Waals surface area contributed by atoms with Crippen LogP contribution in [0.3, 0.4) is 0 Å². The second-order valence-electron chi connectivity index (χ2n) is 4.86. The highest BCUT2D eigenvalue weighted by molar-refractivity contribution is 7.94. The van der Waals surface area contributed by atoms with E-state index in [-0.39, 0.29) is 10.1 Å². The number of carbonyl (C=O) groups excluding carboxylic acids is 1. The summed E-state index contributed by atoms with van der Waals surface area (Å²) in [6.45, 7) is 1.38. The van der Waals surface area contributed by atoms with Crippen molar-refractivity contribution in [3.63, 3.8) is 0 Å². The Bertz CT molecular complexity index is 962. The Morgan fingerprint density at radius 3 is 2.67 bits per heavy atom. The normalized spacial score (nSPS) is 11.2. The van der Waals surface area contributed by atoms with Crippen LogP contribution in [0.15, 0.2) is 57.4 Å². The van der Waals surface area contributed by atoms with E-state index in [1.165, 1.54) is 19.2 Å². The van der Waals surface area contributed by atoms with Gasteiger partial charge in [0.1, 0.15) is 4.21 Å². The molecule has 0 unspecified atom stereocenters. The Morgan fingerprint density at radius 1 is 1.17 bits per heavy atom. The van der Waals surface area contributed by atoms with E-state index >= 15 is 0 Å². The van der Waals surface area contributed by atoms with Gasteiger partial charge in [-0.25, -0.2) is 8.42 Å². The number of carbonyl (C=O) groups is 1. The molecule has 1 amide bonds. The van der Waals surface area contributed by atoms with E-state index in [1.807, 2.05) is 0 Å². The number of sulfonamides is 1. The van der Waals surface area contributed by atoms with Gasteiger partial charge in [-0.3, -0.25) is 9.52 Å². The summed E-state index contributed by atoms with van der Waals surface area (Å²) in [6.07, 6.45) is 1.50. The highest BCUT2D eigenvalue weighted by Gasteiger charge is 2.18. The van der Waals surface area contributed by atoms with Crippen molar-refractivity contribution in [3.05, 3.63) is 48.7 Å². The van der Waals surface area contributed by atoms with Crippen molar-refractivity contribution in [2.45, 2.75) is 11.1 Å². The molecular weight excluding hydrogens is 350 g/mol. The average Bonchev–Trinajstić information content (AvgIpc) is 3.18. The molecule has 0 bridgehead atoms. The van der Waals surface area contributed by atoms with Gasteiger partial charge in [0.2, 0.25) is 5.91 Å². The zero-order valence-corrected chi connectivity index (χ0v) is 14.1. The summed E-state index contributed by atoms with van der Waals surface area (Å²) >= 11 is 1.08. The van der Waals surface area contributed by atoms with Crippen LogP contribution < -0.4 is 10.0 Å². The second kappa shape index (κ2) is 6.46. The summed E-state index contributed by atoms with van der Waals surface area (Å²) in [5.41, 5.74) is 0.868. The topological polar surface area (TPSA) is 101 Å². The first-order valence-electron chi connectivity index (χ1n) is 6.85. The Kier molecular flexibility index (Phi) is 4.36. The monoisotopic (exact) mass is 363 g/mol. The predicted octanol–water partition coefficient (Wildman–Crippen LogP) is 3.16. The van der Waals surface area contributed by atoms with Crippen LogP contribution in [0.4, 0.5) is 11.4 Å². The summed E-state index contributed by atoms with van der Waals surface area (Å²) in [5, 5.41) is 6.21. The molecule has 0 aliphatic rings. The van der Waals surface area contributed by atoms with Crippen molar-refractivity contribution in [3.8, 4) is 10.6 Å². The third kappa shape index (κ3) is 3.63. The lowest BCUT2D eigenvalue weighted by molar-refractivity contribution is -0.114. The van der Waals surface area contributed by atoms with Gasteiger partial charge in [-0.2, -0.15) is 0 Å². The van der Waals surface area contributed by atoms with Crippen LogP contribution >= 0.6 is 11.3 Å². The van der Waals surface area contributed by atoms with E-state index in [2.05, 4.69) is 15.2 Å². The lowest BCUT2D eigenvalue weighted by Crippen LogP contribution is -2.12. The summed E-state index contributed by atoms with van der Waals surface area (Å²) in [4.78, 5) is 11.8. The van der Waals surface area contributed by atoms with Crippen molar-refractivity contribution < 1.29 is 17.7 Å². The van der Waals surface area contributed by atoms with Gasteiger partial charge >= 0.3 is 0 Å². The fourth-order valence-corrected chi connectivity index (χ4v) is 4.32. The van der Waals surface area contributed by atoms with Gasteiger partial charge in [-0.1, -0.05) is 11.2 Å². The van der Waals surface area contributed by atoms with Crippen LogP contribution in [0.2, 0.25) is 0 Å². The van der Waals surface area contributed by atoms with E-state index in [0.29, 0.717) is 22.0 Å². The van der Waals surface area contributed by atoms with E-state index in [0.717, 1.165) is 11.3 Å². The first-order chi connectivity index (χ1) is 11.4. The molecule has 0 atom stereocenters. The van der Waals surface area contributed by atoms with Crippen molar-refractivity contribution in [1.29, 1.82) is 0 Å². The molecule has 3 aromatic rings. The number of amides is 1. The number of anilines is 2. The molecule has 7 nitrogen and oxygen atoms in total. The first kappa shape index (κ1) is 16.2. The second-order valence-corrected chi connectivity index (χ2v) is 7.86. The first-order valence-corrected chi connectivity index (χ1v) is 9.15. The van der Waals surface area contributed by atoms with Crippen LogP contribution in [0.1, 0.15) is 6.92 Å². The molecule has 3 rings (SSSR count). The van der Waals surface area contributed by atoms with Gasteiger partial charge in [0.05, 0.1) is 16.8 Å². The van der Waals surface area contributed by atoms with Gasteiger partial charge in [-0.05, 0) is 30.3 Å². The molecule has 2 aromatic heterocycles. The quantitative estimate of drug-likeness (QED) is 0.725. The van der Waals surface area contributed by atoms with Crippen molar-refractivity contribution in [2.75, 3.05) is 10.0 Å². The van der Waals surface area contributed by atoms with Crippen molar-refractivity contribution in [2.24, 2.45) is 0 Å². The third-order valence-electron chi connectivity index (χ3n) is 2.96. The maximum absolute atomic E-state index is 12.5. The summed E-state index contributed by atoms with van der Waals surface area (Å²) in [7, 11) is -3.74. The van der Waals surface area contributed by atoms with Crippen molar-refractivity contribution >= 4 is 38.6 Å². The molecule has 0 spiro atoms.